The van der Waals surface area contributed by atoms with E-state index in [2.05, 4.69) is 53.9 Å². The molecule has 0 bridgehead atoms. The third-order valence-corrected chi connectivity index (χ3v) is 12.1. The normalized spacial score (nSPS) is 15.5. The number of rotatable bonds is 11. The summed E-state index contributed by atoms with van der Waals surface area (Å²) in [6.45, 7) is 8.74. The fourth-order valence-electron chi connectivity index (χ4n) is 8.23. The molecule has 4 N–H and O–H groups in total. The van der Waals surface area contributed by atoms with Gasteiger partial charge >= 0.3 is 6.09 Å². The fourth-order valence-corrected chi connectivity index (χ4v) is 8.58. The van der Waals surface area contributed by atoms with E-state index in [1.165, 1.54) is 6.33 Å². The van der Waals surface area contributed by atoms with Crippen LogP contribution in [0.5, 0.6) is 11.5 Å². The molecule has 20 heteroatoms. The Labute approximate surface area is 380 Å². The second-order valence-electron chi connectivity index (χ2n) is 16.0. The van der Waals surface area contributed by atoms with Crippen LogP contribution in [0.2, 0.25) is 0 Å². The van der Waals surface area contributed by atoms with Gasteiger partial charge in [0.1, 0.15) is 41.8 Å². The van der Waals surface area contributed by atoms with Crippen LogP contribution in [-0.4, -0.2) is 117 Å². The lowest BCUT2D eigenvalue weighted by molar-refractivity contribution is -0.129. The number of aromatic nitrogens is 10. The minimum atomic E-state index is -0.527. The van der Waals surface area contributed by atoms with Gasteiger partial charge in [0.2, 0.25) is 11.9 Å². The first kappa shape index (κ1) is 41.4. The lowest BCUT2D eigenvalue weighted by atomic mass is 10.0. The van der Waals surface area contributed by atoms with Crippen LogP contribution >= 0.6 is 15.9 Å². The minimum Gasteiger partial charge on any atom is -0.457 e. The molecule has 2 fully saturated rings. The Morgan fingerprint density at radius 2 is 1.74 bits per heavy atom. The van der Waals surface area contributed by atoms with Gasteiger partial charge in [0.15, 0.2) is 11.3 Å². The molecule has 10 rings (SSSR count). The van der Waals surface area contributed by atoms with Crippen LogP contribution in [0.3, 0.4) is 0 Å². The van der Waals surface area contributed by atoms with Crippen LogP contribution in [-0.2, 0) is 16.1 Å². The van der Waals surface area contributed by atoms with Crippen LogP contribution in [0, 0.1) is 6.92 Å². The van der Waals surface area contributed by atoms with Crippen molar-refractivity contribution in [3.05, 3.63) is 113 Å². The molecule has 1 atom stereocenters. The molecule has 8 aromatic rings. The van der Waals surface area contributed by atoms with Gasteiger partial charge in [0.25, 0.3) is 5.91 Å². The number of aromatic amines is 1. The number of aryl methyl sites for hydroxylation is 1. The van der Waals surface area contributed by atoms with E-state index in [-0.39, 0.29) is 24.1 Å². The molecule has 0 aliphatic carbocycles. The maximum Gasteiger partial charge on any atom is 0.410 e. The van der Waals surface area contributed by atoms with E-state index in [0.717, 1.165) is 51.0 Å². The number of nitrogens with one attached hydrogen (secondary N) is 2. The first-order valence-electron chi connectivity index (χ1n) is 21.2. The number of carbonyl (C=O) groups excluding carboxylic acids is 2. The van der Waals surface area contributed by atoms with E-state index >= 15 is 0 Å². The van der Waals surface area contributed by atoms with E-state index in [0.29, 0.717) is 91.7 Å². The molecule has 5 aromatic heterocycles. The van der Waals surface area contributed by atoms with Gasteiger partial charge in [-0.2, -0.15) is 24.7 Å². The highest BCUT2D eigenvalue weighted by Gasteiger charge is 2.31. The Balaban J connectivity index is 0.749. The number of imidazole rings is 1. The molecule has 0 saturated carbocycles. The number of halogens is 1. The summed E-state index contributed by atoms with van der Waals surface area (Å²) in [7, 11) is 0. The predicted molar refractivity (Wildman–Crippen MR) is 247 cm³/mol. The van der Waals surface area contributed by atoms with Crippen molar-refractivity contribution in [1.82, 2.24) is 59.1 Å². The summed E-state index contributed by atoms with van der Waals surface area (Å²) < 4.78 is 15.8. The maximum absolute atomic E-state index is 13.8. The molecule has 2 saturated heterocycles. The summed E-state index contributed by atoms with van der Waals surface area (Å²) in [4.78, 5) is 58.9. The number of hydrogen-bond acceptors (Lipinski definition) is 14. The van der Waals surface area contributed by atoms with Crippen LogP contribution in [0.15, 0.2) is 102 Å². The van der Waals surface area contributed by atoms with Crippen molar-refractivity contribution >= 4 is 73.4 Å². The molecule has 65 heavy (non-hydrogen) atoms. The monoisotopic (exact) mass is 937 g/mol. The van der Waals surface area contributed by atoms with Crippen molar-refractivity contribution in [2.45, 2.75) is 32.4 Å². The number of nitrogens with zero attached hydrogens (tertiary/aromatic N) is 12. The summed E-state index contributed by atoms with van der Waals surface area (Å²) >= 11 is 3.56. The molecule has 7 heterocycles. The molecule has 0 unspecified atom stereocenters. The Hall–Kier alpha value is -7.61. The summed E-state index contributed by atoms with van der Waals surface area (Å²) in [5.74, 6) is 3.19. The number of para-hydroxylation sites is 1. The first-order chi connectivity index (χ1) is 31.6. The number of piperidine rings is 1. The number of likely N-dealkylation sites (tertiary alicyclic amines) is 1. The summed E-state index contributed by atoms with van der Waals surface area (Å²) in [5.41, 5.74) is 12.2. The van der Waals surface area contributed by atoms with Crippen molar-refractivity contribution in [2.24, 2.45) is 0 Å². The summed E-state index contributed by atoms with van der Waals surface area (Å²) in [5, 5.41) is 13.5. The van der Waals surface area contributed by atoms with Crippen LogP contribution in [0.4, 0.5) is 22.5 Å². The van der Waals surface area contributed by atoms with Crippen molar-refractivity contribution in [3.63, 3.8) is 0 Å². The third-order valence-electron chi connectivity index (χ3n) is 11.6. The molecule has 0 radical (unpaired) electrons. The van der Waals surface area contributed by atoms with Gasteiger partial charge in [-0.1, -0.05) is 30.8 Å². The van der Waals surface area contributed by atoms with Gasteiger partial charge in [-0.15, -0.1) is 0 Å². The minimum absolute atomic E-state index is 0.180. The number of fused-ring (bicyclic) bond motifs is 3. The van der Waals surface area contributed by atoms with Gasteiger partial charge in [0, 0.05) is 50.4 Å². The molecule has 0 spiro atoms. The standard InChI is InChI=1S/C45H44BrN15O4/c1-27-10-15-34-35(21-27)53-36(52-34)23-48-43-55-44(54-40-33(46)22-51-61(40)43)57-17-19-58(20-18-57)45(63)64-25-28(2)42(62)59-16-6-7-30(24-59)60-41-37(39(47)49-26-50-41)38(56-60)29-11-13-32(14-12-29)65-31-8-4-3-5-9-31/h3-5,8-15,21-22,26,30H,2,6-7,16-20,23-25H2,1H3,(H,52,53)(H2,47,49,50)(H,48,54,55)/t30-/m1/s1. The van der Waals surface area contributed by atoms with Gasteiger partial charge in [0.05, 0.1) is 39.7 Å². The molecular weight excluding hydrogens is 894 g/mol. The van der Waals surface area contributed by atoms with Gasteiger partial charge < -0.3 is 40.2 Å². The number of nitrogens with two attached hydrogens (primary N) is 1. The zero-order valence-corrected chi connectivity index (χ0v) is 37.0. The van der Waals surface area contributed by atoms with E-state index in [4.69, 9.17) is 35.3 Å². The SMILES string of the molecule is C=C(COC(=O)N1CCN(c2nc(NCc3nc4ccc(C)cc4[nH]3)n3ncc(Br)c3n2)CC1)C(=O)N1CCC[C@@H](n2nc(-c3ccc(Oc4ccccc4)cc3)c3c(N)ncnc32)C1. The lowest BCUT2D eigenvalue weighted by Crippen LogP contribution is -2.49. The number of piperazine rings is 1. The molecular formula is C45H44BrN15O4. The van der Waals surface area contributed by atoms with E-state index in [1.807, 2.05) is 83.2 Å². The van der Waals surface area contributed by atoms with Gasteiger partial charge in [-0.25, -0.2) is 24.4 Å². The molecule has 330 valence electrons. The number of hydrogen-bond donors (Lipinski definition) is 3. The van der Waals surface area contributed by atoms with Crippen molar-refractivity contribution in [2.75, 3.05) is 61.8 Å². The lowest BCUT2D eigenvalue weighted by Gasteiger charge is -2.34. The van der Waals surface area contributed by atoms with E-state index < -0.39 is 6.09 Å². The summed E-state index contributed by atoms with van der Waals surface area (Å²) in [6, 6.07) is 23.1. The average Bonchev–Trinajstić information content (AvgIpc) is 4.05. The molecule has 2 aliphatic heterocycles. The number of nitrogen functional groups attached to an aromatic ring is 1. The number of carbonyl (C=O) groups is 2. The maximum atomic E-state index is 13.8. The molecule has 2 aliphatic rings. The summed E-state index contributed by atoms with van der Waals surface area (Å²) in [6.07, 6.45) is 4.06. The Kier molecular flexibility index (Phi) is 11.2. The second kappa shape index (κ2) is 17.5. The highest BCUT2D eigenvalue weighted by Crippen LogP contribution is 2.35. The molecule has 2 amide bonds. The van der Waals surface area contributed by atoms with E-state index in [1.54, 1.807) is 20.5 Å². The Morgan fingerprint density at radius 3 is 2.55 bits per heavy atom. The average molecular weight is 939 g/mol. The zero-order valence-electron chi connectivity index (χ0n) is 35.4. The van der Waals surface area contributed by atoms with Gasteiger partial charge in [-0.3, -0.25) is 4.79 Å². The van der Waals surface area contributed by atoms with Crippen molar-refractivity contribution in [3.8, 4) is 22.8 Å². The second-order valence-corrected chi connectivity index (χ2v) is 16.9. The number of amides is 2. The number of H-pyrrole nitrogens is 1. The highest BCUT2D eigenvalue weighted by molar-refractivity contribution is 9.10. The number of benzene rings is 3. The van der Waals surface area contributed by atoms with Gasteiger partial charge in [-0.05, 0) is 89.8 Å². The highest BCUT2D eigenvalue weighted by atomic mass is 79.9. The predicted octanol–water partition coefficient (Wildman–Crippen LogP) is 6.54. The largest absolute Gasteiger partial charge is 0.457 e. The fraction of sp³-hybridized carbons (Fsp3) is 0.267. The smallest absolute Gasteiger partial charge is 0.410 e. The third kappa shape index (κ3) is 8.46. The zero-order chi connectivity index (χ0) is 44.6. The quantitative estimate of drug-likeness (QED) is 0.117. The van der Waals surface area contributed by atoms with Crippen molar-refractivity contribution < 1.29 is 19.1 Å². The van der Waals surface area contributed by atoms with E-state index in [9.17, 15) is 9.59 Å². The molecule has 3 aromatic carbocycles. The van der Waals surface area contributed by atoms with Crippen LogP contribution in [0.1, 0.15) is 30.3 Å². The Morgan fingerprint density at radius 1 is 0.938 bits per heavy atom. The topological polar surface area (TPSA) is 216 Å². The Bertz CT molecular complexity index is 3070. The van der Waals surface area contributed by atoms with Crippen LogP contribution < -0.4 is 20.7 Å². The number of anilines is 3. The number of ether oxygens (including phenoxy) is 2. The van der Waals surface area contributed by atoms with Crippen LogP contribution in [0.25, 0.3) is 39.0 Å². The van der Waals surface area contributed by atoms with Crippen molar-refractivity contribution in [1.29, 1.82) is 0 Å². The first-order valence-corrected chi connectivity index (χ1v) is 22.0. The molecule has 19 nitrogen and oxygen atoms in total.